The van der Waals surface area contributed by atoms with Crippen LogP contribution in [0.1, 0.15) is 55.6 Å². The van der Waals surface area contributed by atoms with Gasteiger partial charge in [-0.3, -0.25) is 19.2 Å². The van der Waals surface area contributed by atoms with Gasteiger partial charge in [-0.2, -0.15) is 0 Å². The molecule has 3 aliphatic heterocycles. The van der Waals surface area contributed by atoms with E-state index < -0.39 is 0 Å². The molecule has 4 atom stereocenters. The molecule has 2 N–H and O–H groups in total. The molecule has 2 bridgehead atoms. The number of piperidine rings is 1. The molecule has 6 heterocycles. The molecule has 3 aromatic heterocycles. The number of nitrogen functional groups attached to an aromatic ring is 1. The van der Waals surface area contributed by atoms with E-state index in [4.69, 9.17) is 22.3 Å². The molecule has 0 aromatic carbocycles. The van der Waals surface area contributed by atoms with Crippen molar-refractivity contribution in [2.24, 2.45) is 0 Å². The molecule has 0 amide bonds. The number of rotatable bonds is 3. The lowest BCUT2D eigenvalue weighted by atomic mass is 9.92. The van der Waals surface area contributed by atoms with Gasteiger partial charge < -0.3 is 10.6 Å². The van der Waals surface area contributed by atoms with Crippen molar-refractivity contribution in [3.8, 4) is 0 Å². The van der Waals surface area contributed by atoms with E-state index >= 15 is 0 Å². The Hall–Kier alpha value is -2.35. The van der Waals surface area contributed by atoms with E-state index in [2.05, 4.69) is 56.4 Å². The number of anilines is 2. The number of pyridine rings is 2. The van der Waals surface area contributed by atoms with Gasteiger partial charge in [0.15, 0.2) is 0 Å². The van der Waals surface area contributed by atoms with E-state index in [9.17, 15) is 0 Å². The molecule has 3 aromatic rings. The zero-order valence-corrected chi connectivity index (χ0v) is 20.1. The molecule has 2 unspecified atom stereocenters. The molecule has 3 saturated heterocycles. The number of likely N-dealkylation sites (N-methyl/N-ethyl adjacent to an activating group) is 1. The maximum absolute atomic E-state index is 6.86. The lowest BCUT2D eigenvalue weighted by Crippen LogP contribution is -2.52. The third-order valence-electron chi connectivity index (χ3n) is 8.22. The van der Waals surface area contributed by atoms with Crippen molar-refractivity contribution in [3.63, 3.8) is 0 Å². The summed E-state index contributed by atoms with van der Waals surface area (Å²) >= 11 is 6.52. The monoisotopic (exact) mass is 465 g/mol. The number of nitrogens with two attached hydrogens (primary N) is 1. The highest BCUT2D eigenvalue weighted by Gasteiger charge is 2.39. The maximum Gasteiger partial charge on any atom is 0.140 e. The molecule has 3 aliphatic rings. The first kappa shape index (κ1) is 21.2. The summed E-state index contributed by atoms with van der Waals surface area (Å²) in [6.45, 7) is 2.09. The normalized spacial score (nSPS) is 28.6. The van der Waals surface area contributed by atoms with Gasteiger partial charge in [0.25, 0.3) is 0 Å². The Bertz CT molecular complexity index is 1160. The average Bonchev–Trinajstić information content (AvgIpc) is 3.23. The number of hydrogen-bond donors (Lipinski definition) is 1. The van der Waals surface area contributed by atoms with Crippen molar-refractivity contribution >= 4 is 28.9 Å². The Morgan fingerprint density at radius 1 is 0.909 bits per heavy atom. The number of fused-ring (bicyclic) bond motifs is 3. The first-order valence-corrected chi connectivity index (χ1v) is 12.5. The Balaban J connectivity index is 1.36. The molecule has 174 valence electrons. The minimum atomic E-state index is 0.137. The minimum absolute atomic E-state index is 0.137. The second kappa shape index (κ2) is 8.15. The van der Waals surface area contributed by atoms with E-state index in [0.29, 0.717) is 12.1 Å². The number of nitrogens with zero attached hydrogens (tertiary/aromatic N) is 6. The maximum atomic E-state index is 6.86. The predicted octanol–water partition coefficient (Wildman–Crippen LogP) is 4.15. The van der Waals surface area contributed by atoms with Crippen molar-refractivity contribution < 1.29 is 0 Å². The van der Waals surface area contributed by atoms with Crippen LogP contribution < -0.4 is 10.6 Å². The molecular weight excluding hydrogens is 434 g/mol. The Morgan fingerprint density at radius 3 is 2.36 bits per heavy atom. The fraction of sp³-hybridized carbons (Fsp3) is 0.520. The average molecular weight is 466 g/mol. The lowest BCUT2D eigenvalue weighted by molar-refractivity contribution is 0.110. The Labute approximate surface area is 200 Å². The summed E-state index contributed by atoms with van der Waals surface area (Å²) in [4.78, 5) is 17.1. The van der Waals surface area contributed by atoms with Gasteiger partial charge in [0.05, 0.1) is 22.8 Å². The van der Waals surface area contributed by atoms with Gasteiger partial charge in [-0.05, 0) is 70.5 Å². The van der Waals surface area contributed by atoms with Crippen molar-refractivity contribution in [1.82, 2.24) is 24.2 Å². The number of likely N-dealkylation sites (tertiary alicyclic amines) is 1. The minimum Gasteiger partial charge on any atom is -0.383 e. The first-order valence-electron chi connectivity index (χ1n) is 12.1. The largest absolute Gasteiger partial charge is 0.383 e. The van der Waals surface area contributed by atoms with Crippen LogP contribution >= 0.6 is 11.6 Å². The highest BCUT2D eigenvalue weighted by molar-refractivity contribution is 6.31. The predicted molar refractivity (Wildman–Crippen MR) is 133 cm³/mol. The van der Waals surface area contributed by atoms with Crippen LogP contribution in [0, 0.1) is 0 Å². The van der Waals surface area contributed by atoms with E-state index in [-0.39, 0.29) is 12.1 Å². The molecule has 8 heteroatoms. The summed E-state index contributed by atoms with van der Waals surface area (Å²) in [6, 6.07) is 11.7. The van der Waals surface area contributed by atoms with Gasteiger partial charge in [0.2, 0.25) is 0 Å². The van der Waals surface area contributed by atoms with Crippen LogP contribution in [0.5, 0.6) is 0 Å². The number of piperazine rings is 1. The second-order valence-corrected chi connectivity index (χ2v) is 10.3. The number of aromatic nitrogens is 3. The van der Waals surface area contributed by atoms with Crippen molar-refractivity contribution in [2.45, 2.75) is 56.3 Å². The summed E-state index contributed by atoms with van der Waals surface area (Å²) in [6.07, 6.45) is 7.54. The van der Waals surface area contributed by atoms with Gasteiger partial charge >= 0.3 is 0 Å². The van der Waals surface area contributed by atoms with Crippen LogP contribution in [0.3, 0.4) is 0 Å². The highest BCUT2D eigenvalue weighted by Crippen LogP contribution is 2.43. The number of hydrogen-bond acceptors (Lipinski definition) is 6. The summed E-state index contributed by atoms with van der Waals surface area (Å²) in [5, 5.41) is 0.727. The van der Waals surface area contributed by atoms with Crippen molar-refractivity contribution in [3.05, 3.63) is 52.9 Å². The zero-order valence-electron chi connectivity index (χ0n) is 19.4. The summed E-state index contributed by atoms with van der Waals surface area (Å²) in [5.74, 6) is 1.92. The van der Waals surface area contributed by atoms with Crippen LogP contribution in [0.4, 0.5) is 11.6 Å². The van der Waals surface area contributed by atoms with Crippen molar-refractivity contribution in [1.29, 1.82) is 0 Å². The summed E-state index contributed by atoms with van der Waals surface area (Å²) in [7, 11) is 4.43. The van der Waals surface area contributed by atoms with Gasteiger partial charge in [-0.15, -0.1) is 0 Å². The number of imidazole rings is 1. The fourth-order valence-electron chi connectivity index (χ4n) is 6.34. The molecule has 6 rings (SSSR count). The van der Waals surface area contributed by atoms with Crippen LogP contribution in [-0.2, 0) is 0 Å². The van der Waals surface area contributed by atoms with Crippen LogP contribution in [0.15, 0.2) is 36.5 Å². The van der Waals surface area contributed by atoms with E-state index in [0.717, 1.165) is 66.0 Å². The molecule has 0 radical (unpaired) electrons. The zero-order chi connectivity index (χ0) is 22.7. The molecular formula is C25H32ClN7. The molecule has 3 fully saturated rings. The van der Waals surface area contributed by atoms with Crippen molar-refractivity contribution in [2.75, 3.05) is 37.8 Å². The standard InChI is InChI=1S/C25H32ClN7/c1-30-16-11-12-17(30)15-32(14-16)22-10-4-9-21-29-24(25(27)33(21)22)20-8-3-7-19(31(20)2)23-18(26)6-5-13-28-23/h4-6,9-10,13,16-17,19-20H,3,7-8,11-12,14-15,27H2,1-2H3/t16?,17?,19-,20+/m0/s1. The fourth-order valence-corrected chi connectivity index (χ4v) is 6.59. The van der Waals surface area contributed by atoms with Crippen LogP contribution in [-0.4, -0.2) is 63.4 Å². The molecule has 0 saturated carbocycles. The highest BCUT2D eigenvalue weighted by atomic mass is 35.5. The molecule has 0 spiro atoms. The number of halogens is 1. The van der Waals surface area contributed by atoms with Crippen LogP contribution in [0.2, 0.25) is 5.02 Å². The smallest absolute Gasteiger partial charge is 0.140 e. The molecule has 33 heavy (non-hydrogen) atoms. The SMILES string of the molecule is CN1C2CCC1CN(c1cccc3nc([C@H]4CCC[C@@H](c5ncccc5Cl)N4C)c(N)n13)C2. The third kappa shape index (κ3) is 3.40. The van der Waals surface area contributed by atoms with E-state index in [1.165, 1.54) is 12.8 Å². The summed E-state index contributed by atoms with van der Waals surface area (Å²) < 4.78 is 2.17. The van der Waals surface area contributed by atoms with E-state index in [1.807, 2.05) is 18.3 Å². The van der Waals surface area contributed by atoms with Gasteiger partial charge in [0, 0.05) is 31.4 Å². The van der Waals surface area contributed by atoms with Crippen LogP contribution in [0.25, 0.3) is 5.65 Å². The lowest BCUT2D eigenvalue weighted by Gasteiger charge is -2.40. The quantitative estimate of drug-likeness (QED) is 0.627. The summed E-state index contributed by atoms with van der Waals surface area (Å²) in [5.41, 5.74) is 9.71. The van der Waals surface area contributed by atoms with E-state index in [1.54, 1.807) is 0 Å². The molecule has 7 nitrogen and oxygen atoms in total. The first-order chi connectivity index (χ1) is 16.0. The van der Waals surface area contributed by atoms with Gasteiger partial charge in [-0.25, -0.2) is 4.98 Å². The van der Waals surface area contributed by atoms with Gasteiger partial charge in [0.1, 0.15) is 23.0 Å². The Morgan fingerprint density at radius 2 is 1.64 bits per heavy atom. The Kier molecular flexibility index (Phi) is 5.24. The topological polar surface area (TPSA) is 65.9 Å². The second-order valence-electron chi connectivity index (χ2n) is 9.91. The third-order valence-corrected chi connectivity index (χ3v) is 8.53. The molecule has 0 aliphatic carbocycles. The van der Waals surface area contributed by atoms with Gasteiger partial charge in [-0.1, -0.05) is 17.7 Å².